The Hall–Kier alpha value is -2.29. The second-order valence-corrected chi connectivity index (χ2v) is 7.98. The monoisotopic (exact) mass is 378 g/mol. The SMILES string of the molecule is CCCC[C@H](CC)CNC(=O)c1ccc(CN2CCCc3ccccc32)cc1. The van der Waals surface area contributed by atoms with Gasteiger partial charge in [-0.25, -0.2) is 0 Å². The number of unbranched alkanes of at least 4 members (excludes halogenated alkanes) is 1. The van der Waals surface area contributed by atoms with Crippen LogP contribution in [0.1, 0.15) is 67.4 Å². The predicted octanol–water partition coefficient (Wildman–Crippen LogP) is 5.59. The van der Waals surface area contributed by atoms with E-state index in [2.05, 4.69) is 60.5 Å². The average Bonchev–Trinajstić information content (AvgIpc) is 2.74. The Morgan fingerprint density at radius 2 is 1.89 bits per heavy atom. The van der Waals surface area contributed by atoms with E-state index in [1.165, 1.54) is 48.9 Å². The zero-order chi connectivity index (χ0) is 19.8. The van der Waals surface area contributed by atoms with Crippen LogP contribution in [0, 0.1) is 5.92 Å². The van der Waals surface area contributed by atoms with E-state index in [1.54, 1.807) is 0 Å². The van der Waals surface area contributed by atoms with Gasteiger partial charge in [0, 0.05) is 30.9 Å². The van der Waals surface area contributed by atoms with Crippen molar-refractivity contribution < 1.29 is 4.79 Å². The Labute approximate surface area is 170 Å². The van der Waals surface area contributed by atoms with Crippen LogP contribution in [0.4, 0.5) is 5.69 Å². The summed E-state index contributed by atoms with van der Waals surface area (Å²) >= 11 is 0. The molecule has 0 fully saturated rings. The van der Waals surface area contributed by atoms with Crippen LogP contribution in [0.3, 0.4) is 0 Å². The second kappa shape index (κ2) is 10.3. The summed E-state index contributed by atoms with van der Waals surface area (Å²) in [6, 6.07) is 16.8. The van der Waals surface area contributed by atoms with E-state index in [9.17, 15) is 4.79 Å². The Morgan fingerprint density at radius 3 is 2.64 bits per heavy atom. The van der Waals surface area contributed by atoms with Crippen molar-refractivity contribution in [2.24, 2.45) is 5.92 Å². The van der Waals surface area contributed by atoms with E-state index in [4.69, 9.17) is 0 Å². The van der Waals surface area contributed by atoms with Crippen molar-refractivity contribution in [3.63, 3.8) is 0 Å². The maximum Gasteiger partial charge on any atom is 0.251 e. The molecule has 1 amide bonds. The van der Waals surface area contributed by atoms with Crippen molar-refractivity contribution in [1.82, 2.24) is 5.32 Å². The number of benzene rings is 2. The molecular formula is C25H34N2O. The first kappa shape index (κ1) is 20.4. The zero-order valence-corrected chi connectivity index (χ0v) is 17.4. The van der Waals surface area contributed by atoms with Crippen LogP contribution in [0.5, 0.6) is 0 Å². The van der Waals surface area contributed by atoms with E-state index < -0.39 is 0 Å². The zero-order valence-electron chi connectivity index (χ0n) is 17.4. The van der Waals surface area contributed by atoms with Crippen LogP contribution < -0.4 is 10.2 Å². The predicted molar refractivity (Wildman–Crippen MR) is 118 cm³/mol. The van der Waals surface area contributed by atoms with Gasteiger partial charge >= 0.3 is 0 Å². The van der Waals surface area contributed by atoms with Gasteiger partial charge in [0.25, 0.3) is 5.91 Å². The fourth-order valence-electron chi connectivity index (χ4n) is 4.04. The summed E-state index contributed by atoms with van der Waals surface area (Å²) in [4.78, 5) is 14.9. The molecule has 1 heterocycles. The molecule has 2 aromatic carbocycles. The number of para-hydroxylation sites is 1. The van der Waals surface area contributed by atoms with Gasteiger partial charge < -0.3 is 10.2 Å². The third-order valence-electron chi connectivity index (χ3n) is 5.89. The highest BCUT2D eigenvalue weighted by molar-refractivity contribution is 5.94. The van der Waals surface area contributed by atoms with Crippen molar-refractivity contribution in [1.29, 1.82) is 0 Å². The largest absolute Gasteiger partial charge is 0.367 e. The number of carbonyl (C=O) groups is 1. The summed E-state index contributed by atoms with van der Waals surface area (Å²) in [6.45, 7) is 7.19. The van der Waals surface area contributed by atoms with Crippen LogP contribution in [-0.4, -0.2) is 19.0 Å². The smallest absolute Gasteiger partial charge is 0.251 e. The second-order valence-electron chi connectivity index (χ2n) is 7.98. The highest BCUT2D eigenvalue weighted by atomic mass is 16.1. The quantitative estimate of drug-likeness (QED) is 0.617. The average molecular weight is 379 g/mol. The topological polar surface area (TPSA) is 32.3 Å². The number of anilines is 1. The molecule has 1 atom stereocenters. The fourth-order valence-corrected chi connectivity index (χ4v) is 4.04. The molecule has 1 N–H and O–H groups in total. The van der Waals surface area contributed by atoms with Crippen LogP contribution in [0.2, 0.25) is 0 Å². The van der Waals surface area contributed by atoms with Crippen LogP contribution >= 0.6 is 0 Å². The van der Waals surface area contributed by atoms with Gasteiger partial charge in [-0.1, -0.05) is 63.4 Å². The minimum Gasteiger partial charge on any atom is -0.367 e. The third-order valence-corrected chi connectivity index (χ3v) is 5.89. The molecule has 0 saturated heterocycles. The number of rotatable bonds is 9. The molecule has 150 valence electrons. The normalized spacial score (nSPS) is 14.4. The Kier molecular flexibility index (Phi) is 7.53. The Balaban J connectivity index is 1.56. The van der Waals surface area contributed by atoms with Crippen molar-refractivity contribution in [3.05, 3.63) is 65.2 Å². The van der Waals surface area contributed by atoms with Gasteiger partial charge in [0.2, 0.25) is 0 Å². The summed E-state index contributed by atoms with van der Waals surface area (Å²) in [5.41, 5.74) is 4.81. The highest BCUT2D eigenvalue weighted by Crippen LogP contribution is 2.28. The first-order chi connectivity index (χ1) is 13.7. The number of nitrogens with zero attached hydrogens (tertiary/aromatic N) is 1. The Morgan fingerprint density at radius 1 is 1.11 bits per heavy atom. The molecule has 1 aliphatic heterocycles. The summed E-state index contributed by atoms with van der Waals surface area (Å²) in [5.74, 6) is 0.632. The van der Waals surface area contributed by atoms with Gasteiger partial charge in [0.1, 0.15) is 0 Å². The maximum absolute atomic E-state index is 12.5. The molecule has 0 aliphatic carbocycles. The molecular weight excluding hydrogens is 344 g/mol. The first-order valence-corrected chi connectivity index (χ1v) is 10.9. The molecule has 0 unspecified atom stereocenters. The number of fused-ring (bicyclic) bond motifs is 1. The lowest BCUT2D eigenvalue weighted by molar-refractivity contribution is 0.0946. The third kappa shape index (κ3) is 5.37. The molecule has 3 heteroatoms. The van der Waals surface area contributed by atoms with Gasteiger partial charge in [-0.05, 0) is 54.5 Å². The van der Waals surface area contributed by atoms with Crippen molar-refractivity contribution >= 4 is 11.6 Å². The van der Waals surface area contributed by atoms with Gasteiger partial charge in [0.05, 0.1) is 0 Å². The van der Waals surface area contributed by atoms with Crippen molar-refractivity contribution in [2.45, 2.75) is 58.9 Å². The molecule has 3 nitrogen and oxygen atoms in total. The summed E-state index contributed by atoms with van der Waals surface area (Å²) < 4.78 is 0. The molecule has 0 bridgehead atoms. The van der Waals surface area contributed by atoms with Gasteiger partial charge in [0.15, 0.2) is 0 Å². The maximum atomic E-state index is 12.5. The molecule has 0 radical (unpaired) electrons. The molecule has 28 heavy (non-hydrogen) atoms. The number of amides is 1. The molecule has 0 saturated carbocycles. The van der Waals surface area contributed by atoms with Crippen LogP contribution in [0.25, 0.3) is 0 Å². The summed E-state index contributed by atoms with van der Waals surface area (Å²) in [5, 5.41) is 3.12. The van der Waals surface area contributed by atoms with E-state index in [1.807, 2.05) is 12.1 Å². The van der Waals surface area contributed by atoms with Gasteiger partial charge in [-0.2, -0.15) is 0 Å². The van der Waals surface area contributed by atoms with Gasteiger partial charge in [-0.15, -0.1) is 0 Å². The minimum atomic E-state index is 0.0461. The van der Waals surface area contributed by atoms with Crippen molar-refractivity contribution in [3.8, 4) is 0 Å². The molecule has 0 spiro atoms. The minimum absolute atomic E-state index is 0.0461. The number of aryl methyl sites for hydroxylation is 1. The lowest BCUT2D eigenvalue weighted by Crippen LogP contribution is -2.29. The molecule has 3 rings (SSSR count). The first-order valence-electron chi connectivity index (χ1n) is 10.9. The van der Waals surface area contributed by atoms with E-state index in [-0.39, 0.29) is 5.91 Å². The molecule has 0 aromatic heterocycles. The summed E-state index contributed by atoms with van der Waals surface area (Å²) in [6.07, 6.45) is 7.15. The number of hydrogen-bond donors (Lipinski definition) is 1. The van der Waals surface area contributed by atoms with Gasteiger partial charge in [-0.3, -0.25) is 4.79 Å². The summed E-state index contributed by atoms with van der Waals surface area (Å²) in [7, 11) is 0. The van der Waals surface area contributed by atoms with E-state index >= 15 is 0 Å². The van der Waals surface area contributed by atoms with E-state index in [0.717, 1.165) is 31.6 Å². The number of carbonyl (C=O) groups excluding carboxylic acids is 1. The standard InChI is InChI=1S/C25H34N2O/c1-3-5-9-20(4-2)18-26-25(28)23-15-13-21(14-16-23)19-27-17-8-11-22-10-6-7-12-24(22)27/h6-7,10,12-16,20H,3-5,8-9,11,17-19H2,1-2H3,(H,26,28)/t20-/m0/s1. The number of nitrogens with one attached hydrogen (secondary N) is 1. The lowest BCUT2D eigenvalue weighted by atomic mass is 9.99. The lowest BCUT2D eigenvalue weighted by Gasteiger charge is -2.31. The van der Waals surface area contributed by atoms with E-state index in [0.29, 0.717) is 5.92 Å². The van der Waals surface area contributed by atoms with Crippen molar-refractivity contribution in [2.75, 3.05) is 18.0 Å². The van der Waals surface area contributed by atoms with Crippen LogP contribution in [-0.2, 0) is 13.0 Å². The van der Waals surface area contributed by atoms with Crippen LogP contribution in [0.15, 0.2) is 48.5 Å². The molecule has 1 aliphatic rings. The Bertz CT molecular complexity index is 753. The highest BCUT2D eigenvalue weighted by Gasteiger charge is 2.16. The number of hydrogen-bond acceptors (Lipinski definition) is 2. The molecule has 2 aromatic rings. The fraction of sp³-hybridized carbons (Fsp3) is 0.480.